The Kier molecular flexibility index (Phi) is 4.08. The highest BCUT2D eigenvalue weighted by molar-refractivity contribution is 6.31. The Labute approximate surface area is 117 Å². The summed E-state index contributed by atoms with van der Waals surface area (Å²) in [5.74, 6) is 0. The molecule has 0 aliphatic carbocycles. The van der Waals surface area contributed by atoms with Crippen molar-refractivity contribution < 1.29 is 0 Å². The fourth-order valence-corrected chi connectivity index (χ4v) is 2.26. The zero-order chi connectivity index (χ0) is 13.8. The average molecular weight is 275 g/mol. The predicted molar refractivity (Wildman–Crippen MR) is 76.1 cm³/mol. The van der Waals surface area contributed by atoms with Crippen LogP contribution in [0, 0.1) is 11.3 Å². The van der Waals surface area contributed by atoms with E-state index in [0.717, 1.165) is 23.5 Å². The van der Waals surface area contributed by atoms with Crippen molar-refractivity contribution in [3.63, 3.8) is 0 Å². The predicted octanol–water partition coefficient (Wildman–Crippen LogP) is 3.12. The minimum atomic E-state index is 0.581. The van der Waals surface area contributed by atoms with Crippen molar-refractivity contribution in [3.05, 3.63) is 46.2 Å². The number of halogens is 1. The number of aryl methyl sites for hydroxylation is 2. The van der Waals surface area contributed by atoms with Crippen LogP contribution in [-0.4, -0.2) is 9.78 Å². The molecule has 1 aromatic carbocycles. The molecule has 0 saturated carbocycles. The highest BCUT2D eigenvalue weighted by Gasteiger charge is 2.12. The zero-order valence-electron chi connectivity index (χ0n) is 10.9. The van der Waals surface area contributed by atoms with Crippen molar-refractivity contribution in [2.75, 3.05) is 5.32 Å². The first-order chi connectivity index (χ1) is 9.15. The van der Waals surface area contributed by atoms with Gasteiger partial charge in [-0.05, 0) is 24.6 Å². The summed E-state index contributed by atoms with van der Waals surface area (Å²) in [6.07, 6.45) is 0.816. The van der Waals surface area contributed by atoms with Crippen molar-refractivity contribution in [3.8, 4) is 6.07 Å². The summed E-state index contributed by atoms with van der Waals surface area (Å²) in [4.78, 5) is 0. The van der Waals surface area contributed by atoms with Gasteiger partial charge >= 0.3 is 0 Å². The molecule has 1 heterocycles. The SMILES string of the molecule is CCc1nn(C)c(CNc2cccc(C#N)c2)c1Cl. The highest BCUT2D eigenvalue weighted by Crippen LogP contribution is 2.22. The molecular formula is C14H15ClN4. The monoisotopic (exact) mass is 274 g/mol. The van der Waals surface area contributed by atoms with Crippen LogP contribution in [0.5, 0.6) is 0 Å². The lowest BCUT2D eigenvalue weighted by Crippen LogP contribution is -2.06. The summed E-state index contributed by atoms with van der Waals surface area (Å²) in [6, 6.07) is 9.48. The Hall–Kier alpha value is -1.99. The molecule has 5 heteroatoms. The summed E-state index contributed by atoms with van der Waals surface area (Å²) in [5.41, 5.74) is 3.39. The van der Waals surface area contributed by atoms with E-state index in [1.165, 1.54) is 0 Å². The Bertz CT molecular complexity index is 625. The third kappa shape index (κ3) is 2.88. The lowest BCUT2D eigenvalue weighted by Gasteiger charge is -2.07. The average Bonchev–Trinajstić information content (AvgIpc) is 2.71. The molecule has 0 aliphatic heterocycles. The van der Waals surface area contributed by atoms with Gasteiger partial charge in [-0.25, -0.2) is 0 Å². The maximum absolute atomic E-state index is 8.86. The standard InChI is InChI=1S/C14H15ClN4/c1-3-12-14(15)13(19(2)18-12)9-17-11-6-4-5-10(7-11)8-16/h4-7,17H,3,9H2,1-2H3. The second kappa shape index (κ2) is 5.77. The molecule has 0 aliphatic rings. The largest absolute Gasteiger partial charge is 0.379 e. The molecule has 0 spiro atoms. The van der Waals surface area contributed by atoms with Crippen LogP contribution < -0.4 is 5.32 Å². The second-order valence-corrected chi connectivity index (χ2v) is 4.61. The number of nitrogens with one attached hydrogen (secondary N) is 1. The van der Waals surface area contributed by atoms with Gasteiger partial charge in [0.15, 0.2) is 0 Å². The second-order valence-electron chi connectivity index (χ2n) is 4.23. The van der Waals surface area contributed by atoms with Gasteiger partial charge in [0.1, 0.15) is 0 Å². The van der Waals surface area contributed by atoms with Crippen molar-refractivity contribution in [1.29, 1.82) is 5.26 Å². The van der Waals surface area contributed by atoms with Crippen LogP contribution in [0.15, 0.2) is 24.3 Å². The Morgan fingerprint density at radius 3 is 2.89 bits per heavy atom. The van der Waals surface area contributed by atoms with Gasteiger partial charge in [-0.2, -0.15) is 10.4 Å². The molecule has 0 saturated heterocycles. The van der Waals surface area contributed by atoms with Crippen LogP contribution in [0.25, 0.3) is 0 Å². The number of aromatic nitrogens is 2. The minimum Gasteiger partial charge on any atom is -0.379 e. The van der Waals surface area contributed by atoms with Gasteiger partial charge in [-0.1, -0.05) is 24.6 Å². The summed E-state index contributed by atoms with van der Waals surface area (Å²) in [5, 5.41) is 17.2. The number of hydrogen-bond acceptors (Lipinski definition) is 3. The lowest BCUT2D eigenvalue weighted by molar-refractivity contribution is 0.707. The number of nitriles is 1. The molecule has 1 N–H and O–H groups in total. The van der Waals surface area contributed by atoms with Crippen LogP contribution in [0.2, 0.25) is 5.02 Å². The zero-order valence-corrected chi connectivity index (χ0v) is 11.7. The van der Waals surface area contributed by atoms with E-state index in [4.69, 9.17) is 16.9 Å². The number of nitrogens with zero attached hydrogens (tertiary/aromatic N) is 3. The first-order valence-electron chi connectivity index (χ1n) is 6.10. The van der Waals surface area contributed by atoms with E-state index in [-0.39, 0.29) is 0 Å². The molecular weight excluding hydrogens is 260 g/mol. The summed E-state index contributed by atoms with van der Waals surface area (Å²) >= 11 is 6.28. The van der Waals surface area contributed by atoms with E-state index in [1.807, 2.05) is 32.2 Å². The molecule has 4 nitrogen and oxygen atoms in total. The molecule has 2 aromatic rings. The van der Waals surface area contributed by atoms with Crippen LogP contribution >= 0.6 is 11.6 Å². The van der Waals surface area contributed by atoms with E-state index in [9.17, 15) is 0 Å². The van der Waals surface area contributed by atoms with Gasteiger partial charge in [0.05, 0.1) is 34.6 Å². The first-order valence-corrected chi connectivity index (χ1v) is 6.47. The quantitative estimate of drug-likeness (QED) is 0.932. The normalized spacial score (nSPS) is 10.2. The van der Waals surface area contributed by atoms with Crippen molar-refractivity contribution in [2.45, 2.75) is 19.9 Å². The van der Waals surface area contributed by atoms with Crippen LogP contribution in [0.3, 0.4) is 0 Å². The smallest absolute Gasteiger partial charge is 0.0992 e. The highest BCUT2D eigenvalue weighted by atomic mass is 35.5. The van der Waals surface area contributed by atoms with E-state index in [0.29, 0.717) is 17.1 Å². The number of benzene rings is 1. The molecule has 0 atom stereocenters. The maximum Gasteiger partial charge on any atom is 0.0992 e. The minimum absolute atomic E-state index is 0.581. The molecule has 0 unspecified atom stereocenters. The van der Waals surface area contributed by atoms with Crippen LogP contribution in [0.4, 0.5) is 5.69 Å². The van der Waals surface area contributed by atoms with Gasteiger partial charge < -0.3 is 5.32 Å². The lowest BCUT2D eigenvalue weighted by atomic mass is 10.2. The van der Waals surface area contributed by atoms with Crippen LogP contribution in [-0.2, 0) is 20.0 Å². The van der Waals surface area contributed by atoms with Gasteiger partial charge in [0.2, 0.25) is 0 Å². The molecule has 19 heavy (non-hydrogen) atoms. The Morgan fingerprint density at radius 2 is 2.26 bits per heavy atom. The Balaban J connectivity index is 2.14. The van der Waals surface area contributed by atoms with E-state index in [2.05, 4.69) is 16.5 Å². The van der Waals surface area contributed by atoms with Crippen molar-refractivity contribution >= 4 is 17.3 Å². The number of hydrogen-bond donors (Lipinski definition) is 1. The van der Waals surface area contributed by atoms with Crippen LogP contribution in [0.1, 0.15) is 23.9 Å². The molecule has 0 fully saturated rings. The van der Waals surface area contributed by atoms with Gasteiger partial charge in [0, 0.05) is 12.7 Å². The summed E-state index contributed by atoms with van der Waals surface area (Å²) in [7, 11) is 1.88. The summed E-state index contributed by atoms with van der Waals surface area (Å²) in [6.45, 7) is 2.61. The molecule has 2 rings (SSSR count). The van der Waals surface area contributed by atoms with Gasteiger partial charge in [-0.3, -0.25) is 4.68 Å². The first kappa shape index (κ1) is 13.4. The molecule has 98 valence electrons. The third-order valence-corrected chi connectivity index (χ3v) is 3.39. The number of rotatable bonds is 4. The summed E-state index contributed by atoms with van der Waals surface area (Å²) < 4.78 is 1.79. The molecule has 0 radical (unpaired) electrons. The van der Waals surface area contributed by atoms with Gasteiger partial charge in [-0.15, -0.1) is 0 Å². The Morgan fingerprint density at radius 1 is 1.47 bits per heavy atom. The van der Waals surface area contributed by atoms with Crippen molar-refractivity contribution in [2.24, 2.45) is 7.05 Å². The van der Waals surface area contributed by atoms with E-state index >= 15 is 0 Å². The fourth-order valence-electron chi connectivity index (χ4n) is 1.90. The van der Waals surface area contributed by atoms with Crippen molar-refractivity contribution in [1.82, 2.24) is 9.78 Å². The van der Waals surface area contributed by atoms with E-state index in [1.54, 1.807) is 10.7 Å². The van der Waals surface area contributed by atoms with Gasteiger partial charge in [0.25, 0.3) is 0 Å². The molecule has 0 bridgehead atoms. The maximum atomic E-state index is 8.86. The van der Waals surface area contributed by atoms with E-state index < -0.39 is 0 Å². The topological polar surface area (TPSA) is 53.6 Å². The third-order valence-electron chi connectivity index (χ3n) is 2.95. The molecule has 0 amide bonds. The fraction of sp³-hybridized carbons (Fsp3) is 0.286. The number of anilines is 1. The molecule has 1 aromatic heterocycles.